The smallest absolute Gasteiger partial charge is 0.120 e. The van der Waals surface area contributed by atoms with Gasteiger partial charge in [-0.25, -0.2) is 0 Å². The summed E-state index contributed by atoms with van der Waals surface area (Å²) in [5, 5.41) is 0. The molecule has 0 bridgehead atoms. The molecule has 0 spiro atoms. The van der Waals surface area contributed by atoms with E-state index in [2.05, 4.69) is 29.8 Å². The maximum Gasteiger partial charge on any atom is 0.120 e. The maximum absolute atomic E-state index is 6.53. The molecule has 0 aromatic heterocycles. The molecular formula is C17H26BrNO. The molecule has 2 N–H and O–H groups in total. The number of hydrogen-bond donors (Lipinski definition) is 1. The zero-order chi connectivity index (χ0) is 14.6. The van der Waals surface area contributed by atoms with Gasteiger partial charge in [-0.2, -0.15) is 0 Å². The SMILES string of the molecule is CC(C)C1CCC(N)(CCOc2cccc(Br)c2)CC1. The van der Waals surface area contributed by atoms with Crippen LogP contribution in [0, 0.1) is 11.8 Å². The third-order valence-electron chi connectivity index (χ3n) is 4.63. The van der Waals surface area contributed by atoms with Gasteiger partial charge in [0.2, 0.25) is 0 Å². The summed E-state index contributed by atoms with van der Waals surface area (Å²) in [5.74, 6) is 2.56. The topological polar surface area (TPSA) is 35.2 Å². The molecule has 0 aliphatic heterocycles. The first-order valence-electron chi connectivity index (χ1n) is 7.66. The summed E-state index contributed by atoms with van der Waals surface area (Å²) in [7, 11) is 0. The van der Waals surface area contributed by atoms with E-state index in [0.29, 0.717) is 6.61 Å². The van der Waals surface area contributed by atoms with Gasteiger partial charge in [0.05, 0.1) is 6.61 Å². The largest absolute Gasteiger partial charge is 0.493 e. The third kappa shape index (κ3) is 4.49. The Hall–Kier alpha value is -0.540. The van der Waals surface area contributed by atoms with E-state index < -0.39 is 0 Å². The highest BCUT2D eigenvalue weighted by molar-refractivity contribution is 9.10. The van der Waals surface area contributed by atoms with Crippen LogP contribution in [0.4, 0.5) is 0 Å². The van der Waals surface area contributed by atoms with Crippen LogP contribution in [0.3, 0.4) is 0 Å². The van der Waals surface area contributed by atoms with Crippen LogP contribution in [0.1, 0.15) is 46.0 Å². The first-order chi connectivity index (χ1) is 9.48. The minimum Gasteiger partial charge on any atom is -0.493 e. The molecule has 0 heterocycles. The number of benzene rings is 1. The monoisotopic (exact) mass is 339 g/mol. The number of rotatable bonds is 5. The van der Waals surface area contributed by atoms with Crippen LogP contribution in [0.2, 0.25) is 0 Å². The Balaban J connectivity index is 1.77. The van der Waals surface area contributed by atoms with E-state index in [4.69, 9.17) is 10.5 Å². The molecule has 0 atom stereocenters. The number of nitrogens with two attached hydrogens (primary N) is 1. The number of ether oxygens (including phenoxy) is 1. The van der Waals surface area contributed by atoms with Crippen molar-refractivity contribution < 1.29 is 4.74 Å². The maximum atomic E-state index is 6.53. The van der Waals surface area contributed by atoms with E-state index in [-0.39, 0.29) is 5.54 Å². The summed E-state index contributed by atoms with van der Waals surface area (Å²) < 4.78 is 6.87. The van der Waals surface area contributed by atoms with Crippen LogP contribution in [0.15, 0.2) is 28.7 Å². The molecule has 1 fully saturated rings. The van der Waals surface area contributed by atoms with E-state index in [1.54, 1.807) is 0 Å². The lowest BCUT2D eigenvalue weighted by molar-refractivity contribution is 0.163. The number of hydrogen-bond acceptors (Lipinski definition) is 2. The van der Waals surface area contributed by atoms with E-state index >= 15 is 0 Å². The third-order valence-corrected chi connectivity index (χ3v) is 5.13. The summed E-state index contributed by atoms with van der Waals surface area (Å²) in [5.41, 5.74) is 6.51. The fourth-order valence-corrected chi connectivity index (χ4v) is 3.44. The van der Waals surface area contributed by atoms with Crippen molar-refractivity contribution in [2.75, 3.05) is 6.61 Å². The van der Waals surface area contributed by atoms with E-state index in [0.717, 1.165) is 41.3 Å². The molecule has 1 aromatic carbocycles. The second-order valence-electron chi connectivity index (χ2n) is 6.50. The van der Waals surface area contributed by atoms with Crippen molar-refractivity contribution in [3.8, 4) is 5.75 Å². The molecule has 0 unspecified atom stereocenters. The van der Waals surface area contributed by atoms with Crippen molar-refractivity contribution >= 4 is 15.9 Å². The minimum atomic E-state index is -0.0165. The van der Waals surface area contributed by atoms with Crippen molar-refractivity contribution in [1.29, 1.82) is 0 Å². The Kier molecular flexibility index (Phi) is 5.50. The van der Waals surface area contributed by atoms with Gasteiger partial charge in [-0.3, -0.25) is 0 Å². The first kappa shape index (κ1) is 15.8. The standard InChI is InChI=1S/C17H26BrNO/c1-13(2)14-6-8-17(19,9-7-14)10-11-20-16-5-3-4-15(18)12-16/h3-5,12-14H,6-11,19H2,1-2H3. The van der Waals surface area contributed by atoms with Gasteiger partial charge in [0.25, 0.3) is 0 Å². The van der Waals surface area contributed by atoms with Gasteiger partial charge in [0.1, 0.15) is 5.75 Å². The highest BCUT2D eigenvalue weighted by Crippen LogP contribution is 2.36. The molecule has 2 rings (SSSR count). The molecular weight excluding hydrogens is 314 g/mol. The van der Waals surface area contributed by atoms with Crippen LogP contribution in [-0.4, -0.2) is 12.1 Å². The zero-order valence-electron chi connectivity index (χ0n) is 12.6. The molecule has 0 saturated heterocycles. The first-order valence-corrected chi connectivity index (χ1v) is 8.45. The highest BCUT2D eigenvalue weighted by atomic mass is 79.9. The molecule has 2 nitrogen and oxygen atoms in total. The second kappa shape index (κ2) is 6.95. The zero-order valence-corrected chi connectivity index (χ0v) is 14.2. The minimum absolute atomic E-state index is 0.0165. The van der Waals surface area contributed by atoms with E-state index in [1.165, 1.54) is 12.8 Å². The Labute approximate surface area is 131 Å². The lowest BCUT2D eigenvalue weighted by Crippen LogP contribution is -2.45. The number of halogens is 1. The Morgan fingerprint density at radius 1 is 1.35 bits per heavy atom. The lowest BCUT2D eigenvalue weighted by Gasteiger charge is -2.38. The second-order valence-corrected chi connectivity index (χ2v) is 7.42. The van der Waals surface area contributed by atoms with E-state index in [1.807, 2.05) is 24.3 Å². The van der Waals surface area contributed by atoms with Crippen molar-refractivity contribution in [2.45, 2.75) is 51.5 Å². The van der Waals surface area contributed by atoms with Crippen molar-refractivity contribution in [2.24, 2.45) is 17.6 Å². The molecule has 1 aliphatic carbocycles. The molecule has 1 saturated carbocycles. The summed E-state index contributed by atoms with van der Waals surface area (Å²) >= 11 is 3.46. The summed E-state index contributed by atoms with van der Waals surface area (Å²) in [6, 6.07) is 7.98. The molecule has 0 amide bonds. The van der Waals surface area contributed by atoms with Crippen molar-refractivity contribution in [3.05, 3.63) is 28.7 Å². The van der Waals surface area contributed by atoms with Gasteiger partial charge < -0.3 is 10.5 Å². The molecule has 1 aromatic rings. The van der Waals surface area contributed by atoms with Gasteiger partial charge in [0, 0.05) is 10.0 Å². The predicted molar refractivity (Wildman–Crippen MR) is 88.0 cm³/mol. The van der Waals surface area contributed by atoms with Gasteiger partial charge in [-0.1, -0.05) is 35.8 Å². The van der Waals surface area contributed by atoms with Gasteiger partial charge >= 0.3 is 0 Å². The van der Waals surface area contributed by atoms with Gasteiger partial charge in [0.15, 0.2) is 0 Å². The van der Waals surface area contributed by atoms with Crippen molar-refractivity contribution in [1.82, 2.24) is 0 Å². The molecule has 1 aliphatic rings. The van der Waals surface area contributed by atoms with Gasteiger partial charge in [-0.15, -0.1) is 0 Å². The Morgan fingerprint density at radius 2 is 2.05 bits per heavy atom. The van der Waals surface area contributed by atoms with Gasteiger partial charge in [-0.05, 0) is 62.1 Å². The average molecular weight is 340 g/mol. The van der Waals surface area contributed by atoms with Crippen LogP contribution in [-0.2, 0) is 0 Å². The van der Waals surface area contributed by atoms with E-state index in [9.17, 15) is 0 Å². The molecule has 20 heavy (non-hydrogen) atoms. The fraction of sp³-hybridized carbons (Fsp3) is 0.647. The summed E-state index contributed by atoms with van der Waals surface area (Å²) in [6.07, 6.45) is 5.76. The van der Waals surface area contributed by atoms with Crippen molar-refractivity contribution in [3.63, 3.8) is 0 Å². The van der Waals surface area contributed by atoms with Crippen LogP contribution in [0.25, 0.3) is 0 Å². The molecule has 112 valence electrons. The lowest BCUT2D eigenvalue weighted by atomic mass is 9.72. The Morgan fingerprint density at radius 3 is 2.65 bits per heavy atom. The quantitative estimate of drug-likeness (QED) is 0.839. The fourth-order valence-electron chi connectivity index (χ4n) is 3.06. The van der Waals surface area contributed by atoms with Crippen LogP contribution < -0.4 is 10.5 Å². The normalized spacial score (nSPS) is 26.8. The molecule has 0 radical (unpaired) electrons. The predicted octanol–water partition coefficient (Wildman–Crippen LogP) is 4.76. The summed E-state index contributed by atoms with van der Waals surface area (Å²) in [4.78, 5) is 0. The average Bonchev–Trinajstić information content (AvgIpc) is 2.39. The van der Waals surface area contributed by atoms with Crippen LogP contribution in [0.5, 0.6) is 5.75 Å². The Bertz CT molecular complexity index is 425. The molecule has 3 heteroatoms. The highest BCUT2D eigenvalue weighted by Gasteiger charge is 2.32. The summed E-state index contributed by atoms with van der Waals surface area (Å²) in [6.45, 7) is 5.36. The van der Waals surface area contributed by atoms with Crippen LogP contribution >= 0.6 is 15.9 Å².